The van der Waals surface area contributed by atoms with Crippen LogP contribution in [0.25, 0.3) is 5.52 Å². The lowest BCUT2D eigenvalue weighted by Gasteiger charge is -2.18. The monoisotopic (exact) mass is 391 g/mol. The number of anilines is 3. The molecule has 0 radical (unpaired) electrons. The van der Waals surface area contributed by atoms with Gasteiger partial charge < -0.3 is 20.2 Å². The average Bonchev–Trinajstić information content (AvgIpc) is 3.48. The molecule has 2 N–H and O–H groups in total. The summed E-state index contributed by atoms with van der Waals surface area (Å²) >= 11 is 0. The second kappa shape index (κ2) is 7.40. The third-order valence-corrected chi connectivity index (χ3v) is 5.87. The van der Waals surface area contributed by atoms with E-state index in [1.54, 1.807) is 10.7 Å². The maximum atomic E-state index is 12.9. The number of benzene rings is 1. The standard InChI is InChI=1S/C22H25N5O2/c28-19-8-11-26(15-19)17-5-3-16(4-6-17)24-22(29)20-14-23-27-12-7-18(13-21(20)27)25-9-1-2-10-25/h3-7,12-14,19,28H,1-2,8-11,15H2,(H,24,29). The second-order valence-corrected chi connectivity index (χ2v) is 7.86. The van der Waals surface area contributed by atoms with Crippen LogP contribution in [-0.4, -0.2) is 52.9 Å². The van der Waals surface area contributed by atoms with Crippen LogP contribution in [-0.2, 0) is 0 Å². The highest BCUT2D eigenvalue weighted by Gasteiger charge is 2.21. The van der Waals surface area contributed by atoms with Gasteiger partial charge >= 0.3 is 0 Å². The number of fused-ring (bicyclic) bond motifs is 1. The van der Waals surface area contributed by atoms with Crippen LogP contribution >= 0.6 is 0 Å². The van der Waals surface area contributed by atoms with Gasteiger partial charge in [-0.15, -0.1) is 0 Å². The molecular weight excluding hydrogens is 366 g/mol. The summed E-state index contributed by atoms with van der Waals surface area (Å²) in [6.45, 7) is 3.64. The van der Waals surface area contributed by atoms with E-state index in [0.29, 0.717) is 12.1 Å². The normalized spacial score (nSPS) is 19.3. The third-order valence-electron chi connectivity index (χ3n) is 5.87. The van der Waals surface area contributed by atoms with E-state index in [-0.39, 0.29) is 12.0 Å². The Morgan fingerprint density at radius 1 is 1.03 bits per heavy atom. The van der Waals surface area contributed by atoms with Gasteiger partial charge in [-0.05, 0) is 55.7 Å². The van der Waals surface area contributed by atoms with Crippen molar-refractivity contribution in [1.82, 2.24) is 9.61 Å². The molecule has 7 heteroatoms. The molecule has 1 atom stereocenters. The van der Waals surface area contributed by atoms with Gasteiger partial charge in [-0.1, -0.05) is 0 Å². The number of carbonyl (C=O) groups is 1. The minimum absolute atomic E-state index is 0.164. The van der Waals surface area contributed by atoms with Crippen molar-refractivity contribution in [3.8, 4) is 0 Å². The molecule has 150 valence electrons. The van der Waals surface area contributed by atoms with Crippen molar-refractivity contribution in [1.29, 1.82) is 0 Å². The van der Waals surface area contributed by atoms with Gasteiger partial charge in [0.05, 0.1) is 23.4 Å². The lowest BCUT2D eigenvalue weighted by atomic mass is 10.2. The smallest absolute Gasteiger partial charge is 0.259 e. The van der Waals surface area contributed by atoms with Crippen LogP contribution < -0.4 is 15.1 Å². The summed E-state index contributed by atoms with van der Waals surface area (Å²) in [5.74, 6) is -0.164. The summed E-state index contributed by atoms with van der Waals surface area (Å²) in [5, 5.41) is 17.0. The number of nitrogens with zero attached hydrogens (tertiary/aromatic N) is 4. The molecule has 0 aliphatic carbocycles. The first-order valence-electron chi connectivity index (χ1n) is 10.2. The van der Waals surface area contributed by atoms with Crippen LogP contribution in [0.1, 0.15) is 29.6 Å². The van der Waals surface area contributed by atoms with Crippen molar-refractivity contribution >= 4 is 28.5 Å². The van der Waals surface area contributed by atoms with Gasteiger partial charge in [0.25, 0.3) is 5.91 Å². The first-order valence-corrected chi connectivity index (χ1v) is 10.2. The molecule has 7 nitrogen and oxygen atoms in total. The fourth-order valence-corrected chi connectivity index (χ4v) is 4.25. The molecule has 2 aromatic heterocycles. The number of rotatable bonds is 4. The number of amides is 1. The van der Waals surface area contributed by atoms with Gasteiger partial charge in [0.1, 0.15) is 0 Å². The lowest BCUT2D eigenvalue weighted by Crippen LogP contribution is -2.21. The number of hydrogen-bond acceptors (Lipinski definition) is 5. The summed E-state index contributed by atoms with van der Waals surface area (Å²) in [5.41, 5.74) is 4.33. The van der Waals surface area contributed by atoms with Crippen molar-refractivity contribution in [3.05, 3.63) is 54.4 Å². The fourth-order valence-electron chi connectivity index (χ4n) is 4.25. The molecule has 0 spiro atoms. The van der Waals surface area contributed by atoms with Gasteiger partial charge in [-0.2, -0.15) is 5.10 Å². The number of aliphatic hydroxyl groups excluding tert-OH is 1. The average molecular weight is 391 g/mol. The Balaban J connectivity index is 1.33. The number of carbonyl (C=O) groups excluding carboxylic acids is 1. The van der Waals surface area contributed by atoms with Crippen molar-refractivity contribution in [2.45, 2.75) is 25.4 Å². The van der Waals surface area contributed by atoms with Crippen LogP contribution in [0.2, 0.25) is 0 Å². The molecule has 3 aromatic rings. The van der Waals surface area contributed by atoms with Gasteiger partial charge in [0.15, 0.2) is 0 Å². The summed E-state index contributed by atoms with van der Waals surface area (Å²) < 4.78 is 1.75. The molecule has 0 bridgehead atoms. The Labute approximate surface area is 169 Å². The Kier molecular flexibility index (Phi) is 4.60. The highest BCUT2D eigenvalue weighted by molar-refractivity contribution is 6.09. The van der Waals surface area contributed by atoms with Crippen LogP contribution in [0.5, 0.6) is 0 Å². The largest absolute Gasteiger partial charge is 0.391 e. The van der Waals surface area contributed by atoms with Crippen LogP contribution in [0.3, 0.4) is 0 Å². The maximum Gasteiger partial charge on any atom is 0.259 e. The minimum Gasteiger partial charge on any atom is -0.391 e. The van der Waals surface area contributed by atoms with Crippen molar-refractivity contribution in [3.63, 3.8) is 0 Å². The quantitative estimate of drug-likeness (QED) is 0.716. The van der Waals surface area contributed by atoms with E-state index in [9.17, 15) is 9.90 Å². The number of aromatic nitrogens is 2. The molecule has 0 saturated carbocycles. The zero-order chi connectivity index (χ0) is 19.8. The molecule has 2 aliphatic rings. The molecule has 1 aromatic carbocycles. The number of nitrogens with one attached hydrogen (secondary N) is 1. The Morgan fingerprint density at radius 2 is 1.83 bits per heavy atom. The molecule has 4 heterocycles. The Morgan fingerprint density at radius 3 is 2.55 bits per heavy atom. The van der Waals surface area contributed by atoms with Gasteiger partial charge in [-0.3, -0.25) is 4.79 Å². The Bertz CT molecular complexity index is 1020. The fraction of sp³-hybridized carbons (Fsp3) is 0.364. The zero-order valence-corrected chi connectivity index (χ0v) is 16.3. The highest BCUT2D eigenvalue weighted by atomic mass is 16.3. The highest BCUT2D eigenvalue weighted by Crippen LogP contribution is 2.25. The number of aliphatic hydroxyl groups is 1. The van der Waals surface area contributed by atoms with E-state index in [0.717, 1.165) is 48.6 Å². The molecule has 5 rings (SSSR count). The van der Waals surface area contributed by atoms with Crippen LogP contribution in [0, 0.1) is 0 Å². The molecule has 29 heavy (non-hydrogen) atoms. The predicted octanol–water partition coefficient (Wildman–Crippen LogP) is 2.76. The summed E-state index contributed by atoms with van der Waals surface area (Å²) in [6.07, 6.45) is 6.51. The molecule has 2 fully saturated rings. The SMILES string of the molecule is O=C(Nc1ccc(N2CCC(O)C2)cc1)c1cnn2ccc(N3CCCC3)cc12. The van der Waals surface area contributed by atoms with E-state index in [4.69, 9.17) is 0 Å². The van der Waals surface area contributed by atoms with E-state index in [1.165, 1.54) is 12.8 Å². The van der Waals surface area contributed by atoms with Gasteiger partial charge in [-0.25, -0.2) is 4.52 Å². The topological polar surface area (TPSA) is 73.1 Å². The first-order chi connectivity index (χ1) is 14.2. The van der Waals surface area contributed by atoms with E-state index in [1.807, 2.05) is 30.5 Å². The lowest BCUT2D eigenvalue weighted by molar-refractivity contribution is 0.102. The second-order valence-electron chi connectivity index (χ2n) is 7.86. The summed E-state index contributed by atoms with van der Waals surface area (Å²) in [6, 6.07) is 11.9. The van der Waals surface area contributed by atoms with Crippen LogP contribution in [0.15, 0.2) is 48.8 Å². The van der Waals surface area contributed by atoms with Gasteiger partial charge in [0.2, 0.25) is 0 Å². The van der Waals surface area contributed by atoms with Crippen molar-refractivity contribution in [2.24, 2.45) is 0 Å². The van der Waals surface area contributed by atoms with E-state index in [2.05, 4.69) is 32.3 Å². The predicted molar refractivity (Wildman–Crippen MR) is 114 cm³/mol. The zero-order valence-electron chi connectivity index (χ0n) is 16.3. The molecule has 2 saturated heterocycles. The summed E-state index contributed by atoms with van der Waals surface area (Å²) in [4.78, 5) is 17.4. The van der Waals surface area contributed by atoms with E-state index >= 15 is 0 Å². The molecule has 2 aliphatic heterocycles. The Hall–Kier alpha value is -3.06. The maximum absolute atomic E-state index is 12.9. The molecule has 1 unspecified atom stereocenters. The molecular formula is C22H25N5O2. The van der Waals surface area contributed by atoms with Crippen LogP contribution in [0.4, 0.5) is 17.1 Å². The first kappa shape index (κ1) is 18.0. The van der Waals surface area contributed by atoms with E-state index < -0.39 is 0 Å². The third kappa shape index (κ3) is 3.53. The summed E-state index contributed by atoms with van der Waals surface area (Å²) in [7, 11) is 0. The molecule has 1 amide bonds. The number of pyridine rings is 1. The minimum atomic E-state index is -0.254. The number of β-amino-alcohol motifs (C(OH)–C–C–N with tert-alkyl or cyclic N) is 1. The number of hydrogen-bond donors (Lipinski definition) is 2. The van der Waals surface area contributed by atoms with Crippen molar-refractivity contribution < 1.29 is 9.90 Å². The van der Waals surface area contributed by atoms with Gasteiger partial charge in [0, 0.05) is 49.4 Å². The van der Waals surface area contributed by atoms with Crippen molar-refractivity contribution in [2.75, 3.05) is 41.3 Å².